The average Bonchev–Trinajstić information content (AvgIpc) is 2.34. The number of hydrogen-bond acceptors (Lipinski definition) is 2. The van der Waals surface area contributed by atoms with E-state index in [1.54, 1.807) is 0 Å². The van der Waals surface area contributed by atoms with Gasteiger partial charge in [-0.25, -0.2) is 4.79 Å². The zero-order valence-electron chi connectivity index (χ0n) is 6.63. The van der Waals surface area contributed by atoms with Gasteiger partial charge >= 0.3 is 5.97 Å². The summed E-state index contributed by atoms with van der Waals surface area (Å²) in [6.07, 6.45) is 0.789. The summed E-state index contributed by atoms with van der Waals surface area (Å²) in [6.45, 7) is 1.95. The van der Waals surface area contributed by atoms with Gasteiger partial charge in [0, 0.05) is 5.33 Å². The van der Waals surface area contributed by atoms with Crippen LogP contribution in [0, 0.1) is 6.92 Å². The van der Waals surface area contributed by atoms with E-state index in [0.29, 0.717) is 4.88 Å². The van der Waals surface area contributed by atoms with Crippen molar-refractivity contribution in [3.63, 3.8) is 0 Å². The minimum atomic E-state index is -0.816. The topological polar surface area (TPSA) is 37.3 Å². The molecule has 1 heterocycles. The number of thiophene rings is 1. The molecule has 2 nitrogen and oxygen atoms in total. The molecule has 66 valence electrons. The molecule has 0 aliphatic heterocycles. The molecule has 0 amide bonds. The first kappa shape index (κ1) is 9.74. The van der Waals surface area contributed by atoms with Gasteiger partial charge in [-0.15, -0.1) is 11.3 Å². The van der Waals surface area contributed by atoms with Gasteiger partial charge in [-0.1, -0.05) is 15.9 Å². The average molecular weight is 249 g/mol. The molecule has 0 fully saturated rings. The number of aryl methyl sites for hydroxylation is 1. The van der Waals surface area contributed by atoms with Crippen molar-refractivity contribution in [2.24, 2.45) is 0 Å². The first-order valence-electron chi connectivity index (χ1n) is 3.53. The quantitative estimate of drug-likeness (QED) is 0.836. The Morgan fingerprint density at radius 2 is 2.42 bits per heavy atom. The number of alkyl halides is 1. The zero-order chi connectivity index (χ0) is 9.14. The molecular formula is C8H9BrO2S. The van der Waals surface area contributed by atoms with Crippen molar-refractivity contribution < 1.29 is 9.90 Å². The van der Waals surface area contributed by atoms with E-state index >= 15 is 0 Å². The van der Waals surface area contributed by atoms with Gasteiger partial charge in [0.05, 0.1) is 0 Å². The fourth-order valence-electron chi connectivity index (χ4n) is 1.05. The van der Waals surface area contributed by atoms with Gasteiger partial charge in [0.25, 0.3) is 0 Å². The van der Waals surface area contributed by atoms with E-state index in [2.05, 4.69) is 15.9 Å². The van der Waals surface area contributed by atoms with Crippen LogP contribution >= 0.6 is 27.3 Å². The normalized spacial score (nSPS) is 10.2. The van der Waals surface area contributed by atoms with Crippen LogP contribution in [0.25, 0.3) is 0 Å². The summed E-state index contributed by atoms with van der Waals surface area (Å²) in [7, 11) is 0. The van der Waals surface area contributed by atoms with Crippen molar-refractivity contribution in [1.82, 2.24) is 0 Å². The molecule has 0 saturated carbocycles. The second kappa shape index (κ2) is 4.05. The van der Waals surface area contributed by atoms with Crippen molar-refractivity contribution in [2.75, 3.05) is 5.33 Å². The van der Waals surface area contributed by atoms with Gasteiger partial charge in [-0.05, 0) is 29.9 Å². The van der Waals surface area contributed by atoms with Crippen LogP contribution in [0.5, 0.6) is 0 Å². The standard InChI is InChI=1S/C8H9BrO2S/c1-5-4-12-7(8(10)11)6(5)2-3-9/h4H,2-3H2,1H3,(H,10,11). The molecule has 0 bridgehead atoms. The maximum atomic E-state index is 10.7. The van der Waals surface area contributed by atoms with Gasteiger partial charge in [-0.2, -0.15) is 0 Å². The van der Waals surface area contributed by atoms with Crippen LogP contribution in [0.2, 0.25) is 0 Å². The third kappa shape index (κ3) is 1.87. The van der Waals surface area contributed by atoms with Crippen LogP contribution in [-0.2, 0) is 6.42 Å². The van der Waals surface area contributed by atoms with E-state index in [0.717, 1.165) is 22.9 Å². The second-order valence-electron chi connectivity index (χ2n) is 2.47. The van der Waals surface area contributed by atoms with E-state index in [9.17, 15) is 4.79 Å². The fraction of sp³-hybridized carbons (Fsp3) is 0.375. The summed E-state index contributed by atoms with van der Waals surface area (Å²) in [5.74, 6) is -0.816. The van der Waals surface area contributed by atoms with E-state index in [1.807, 2.05) is 12.3 Å². The molecule has 1 aromatic heterocycles. The van der Waals surface area contributed by atoms with Crippen LogP contribution in [0.15, 0.2) is 5.38 Å². The number of halogens is 1. The first-order chi connectivity index (χ1) is 5.66. The molecule has 0 unspecified atom stereocenters. The third-order valence-electron chi connectivity index (χ3n) is 1.64. The summed E-state index contributed by atoms with van der Waals surface area (Å²) in [5, 5.41) is 11.5. The van der Waals surface area contributed by atoms with Crippen LogP contribution in [0.3, 0.4) is 0 Å². The summed E-state index contributed by atoms with van der Waals surface area (Å²) in [6, 6.07) is 0. The van der Waals surface area contributed by atoms with Gasteiger partial charge < -0.3 is 5.11 Å². The molecule has 1 rings (SSSR count). The Morgan fingerprint density at radius 1 is 1.75 bits per heavy atom. The number of carboxylic acids is 1. The maximum absolute atomic E-state index is 10.7. The molecule has 1 aromatic rings. The number of hydrogen-bond donors (Lipinski definition) is 1. The van der Waals surface area contributed by atoms with Crippen molar-refractivity contribution in [2.45, 2.75) is 13.3 Å². The lowest BCUT2D eigenvalue weighted by molar-refractivity contribution is 0.0701. The van der Waals surface area contributed by atoms with Crippen molar-refractivity contribution >= 4 is 33.2 Å². The molecule has 0 saturated heterocycles. The molecule has 0 spiro atoms. The SMILES string of the molecule is Cc1csc(C(=O)O)c1CCBr. The molecule has 12 heavy (non-hydrogen) atoms. The Balaban J connectivity index is 3.03. The highest BCUT2D eigenvalue weighted by Crippen LogP contribution is 2.22. The Morgan fingerprint density at radius 3 is 2.92 bits per heavy atom. The minimum Gasteiger partial charge on any atom is -0.477 e. The van der Waals surface area contributed by atoms with E-state index in [1.165, 1.54) is 11.3 Å². The molecule has 0 aliphatic rings. The predicted molar refractivity (Wildman–Crippen MR) is 53.5 cm³/mol. The molecule has 0 aromatic carbocycles. The Kier molecular flexibility index (Phi) is 3.29. The largest absolute Gasteiger partial charge is 0.477 e. The van der Waals surface area contributed by atoms with Crippen molar-refractivity contribution in [1.29, 1.82) is 0 Å². The van der Waals surface area contributed by atoms with E-state index < -0.39 is 5.97 Å². The van der Waals surface area contributed by atoms with E-state index in [-0.39, 0.29) is 0 Å². The minimum absolute atomic E-state index is 0.479. The Hall–Kier alpha value is -0.350. The summed E-state index contributed by atoms with van der Waals surface area (Å²) < 4.78 is 0. The highest BCUT2D eigenvalue weighted by Gasteiger charge is 2.13. The third-order valence-corrected chi connectivity index (χ3v) is 3.17. The van der Waals surface area contributed by atoms with E-state index in [4.69, 9.17) is 5.11 Å². The lowest BCUT2D eigenvalue weighted by Crippen LogP contribution is -1.99. The van der Waals surface area contributed by atoms with Crippen LogP contribution in [-0.4, -0.2) is 16.4 Å². The Labute approximate surface area is 83.4 Å². The molecule has 0 aliphatic carbocycles. The lowest BCUT2D eigenvalue weighted by Gasteiger charge is -1.97. The number of rotatable bonds is 3. The predicted octanol–water partition coefficient (Wildman–Crippen LogP) is 2.69. The lowest BCUT2D eigenvalue weighted by atomic mass is 10.1. The van der Waals surface area contributed by atoms with Gasteiger partial charge in [0.15, 0.2) is 0 Å². The summed E-state index contributed by atoms with van der Waals surface area (Å²) in [4.78, 5) is 11.2. The first-order valence-corrected chi connectivity index (χ1v) is 5.53. The maximum Gasteiger partial charge on any atom is 0.346 e. The van der Waals surface area contributed by atoms with Gasteiger partial charge in [0.2, 0.25) is 0 Å². The van der Waals surface area contributed by atoms with Crippen molar-refractivity contribution in [3.8, 4) is 0 Å². The summed E-state index contributed by atoms with van der Waals surface area (Å²) in [5.41, 5.74) is 2.04. The highest BCUT2D eigenvalue weighted by molar-refractivity contribution is 9.09. The number of carboxylic acid groups (broad SMARTS) is 1. The molecule has 0 radical (unpaired) electrons. The number of carbonyl (C=O) groups is 1. The van der Waals surface area contributed by atoms with Crippen molar-refractivity contribution in [3.05, 3.63) is 21.4 Å². The highest BCUT2D eigenvalue weighted by atomic mass is 79.9. The molecular weight excluding hydrogens is 240 g/mol. The van der Waals surface area contributed by atoms with Gasteiger partial charge in [0.1, 0.15) is 4.88 Å². The molecule has 4 heteroatoms. The van der Waals surface area contributed by atoms with Crippen LogP contribution < -0.4 is 0 Å². The fourth-order valence-corrected chi connectivity index (χ4v) is 2.39. The van der Waals surface area contributed by atoms with Crippen LogP contribution in [0.1, 0.15) is 20.8 Å². The van der Waals surface area contributed by atoms with Gasteiger partial charge in [-0.3, -0.25) is 0 Å². The monoisotopic (exact) mass is 248 g/mol. The van der Waals surface area contributed by atoms with Crippen LogP contribution in [0.4, 0.5) is 0 Å². The molecule has 0 atom stereocenters. The molecule has 1 N–H and O–H groups in total. The summed E-state index contributed by atoms with van der Waals surface area (Å²) >= 11 is 4.60. The number of aromatic carboxylic acids is 1. The second-order valence-corrected chi connectivity index (χ2v) is 4.14. The Bertz CT molecular complexity index is 293. The zero-order valence-corrected chi connectivity index (χ0v) is 9.04. The smallest absolute Gasteiger partial charge is 0.346 e.